The van der Waals surface area contributed by atoms with Gasteiger partial charge in [0.1, 0.15) is 0 Å². The molecule has 0 aromatic rings. The number of hydrogen-bond donors (Lipinski definition) is 0. The molecule has 7 heteroatoms. The molecule has 0 spiro atoms. The molecule has 0 saturated heterocycles. The molecule has 0 aliphatic rings. The molecular formula is C22H50O2S3Si2. The minimum absolute atomic E-state index is 0.558. The average Bonchev–Trinajstić information content (AvgIpc) is 2.72. The fraction of sp³-hybridized carbons (Fsp3) is 1.00. The second-order valence-corrected chi connectivity index (χ2v) is 19.3. The number of ether oxygens (including phenoxy) is 2. The second kappa shape index (κ2) is 22.6. The van der Waals surface area contributed by atoms with E-state index in [2.05, 4.69) is 41.5 Å². The molecule has 0 bridgehead atoms. The fourth-order valence-electron chi connectivity index (χ4n) is 3.92. The molecule has 0 heterocycles. The lowest BCUT2D eigenvalue weighted by atomic mass is 10.5. The van der Waals surface area contributed by atoms with Crippen LogP contribution in [0.5, 0.6) is 0 Å². The first-order valence-electron chi connectivity index (χ1n) is 12.3. The Bertz CT molecular complexity index is 299. The Kier molecular flexibility index (Phi) is 23.7. The maximum atomic E-state index is 6.34. The van der Waals surface area contributed by atoms with Crippen molar-refractivity contribution < 1.29 is 9.47 Å². The Labute approximate surface area is 198 Å². The molecule has 0 amide bonds. The van der Waals surface area contributed by atoms with E-state index in [-0.39, 0.29) is 0 Å². The second-order valence-electron chi connectivity index (χ2n) is 8.13. The topological polar surface area (TPSA) is 18.5 Å². The first-order valence-corrected chi connectivity index (χ1v) is 20.7. The van der Waals surface area contributed by atoms with Gasteiger partial charge in [0, 0.05) is 24.7 Å². The summed E-state index contributed by atoms with van der Waals surface area (Å²) in [4.78, 5) is 0. The van der Waals surface area contributed by atoms with E-state index in [1.165, 1.54) is 61.4 Å². The molecule has 0 aliphatic heterocycles. The van der Waals surface area contributed by atoms with E-state index < -0.39 is 17.6 Å². The molecule has 0 radical (unpaired) electrons. The highest BCUT2D eigenvalue weighted by molar-refractivity contribution is 9.09. The zero-order chi connectivity index (χ0) is 21.7. The van der Waals surface area contributed by atoms with Crippen LogP contribution < -0.4 is 0 Å². The standard InChI is InChI=1S/C22H50O2S3Si2/c1-7-13-23-21(28(15-9-3)16-10-4)19-25-27-26-20-22(24-14-8-2)29(17-11-5)18-12-6/h21-22,28-29H,7-20H2,1-6H3. The van der Waals surface area contributed by atoms with Crippen LogP contribution in [-0.2, 0) is 9.47 Å². The maximum Gasteiger partial charge on any atom is 0.0728 e. The van der Waals surface area contributed by atoms with Crippen LogP contribution in [0.25, 0.3) is 0 Å². The molecule has 2 unspecified atom stereocenters. The van der Waals surface area contributed by atoms with E-state index in [0.29, 0.717) is 11.5 Å². The first kappa shape index (κ1) is 30.4. The summed E-state index contributed by atoms with van der Waals surface area (Å²) >= 11 is 0. The van der Waals surface area contributed by atoms with Gasteiger partial charge in [-0.1, -0.05) is 113 Å². The predicted molar refractivity (Wildman–Crippen MR) is 147 cm³/mol. The summed E-state index contributed by atoms with van der Waals surface area (Å²) < 4.78 is 12.7. The summed E-state index contributed by atoms with van der Waals surface area (Å²) in [6.45, 7) is 15.7. The molecule has 0 aromatic carbocycles. The first-order chi connectivity index (χ1) is 14.2. The van der Waals surface area contributed by atoms with E-state index in [1.807, 2.05) is 31.4 Å². The van der Waals surface area contributed by atoms with Crippen LogP contribution >= 0.6 is 31.4 Å². The van der Waals surface area contributed by atoms with Gasteiger partial charge in [-0.15, -0.1) is 0 Å². The van der Waals surface area contributed by atoms with Gasteiger partial charge in [0.2, 0.25) is 0 Å². The van der Waals surface area contributed by atoms with Crippen LogP contribution in [0, 0.1) is 0 Å². The van der Waals surface area contributed by atoms with E-state index >= 15 is 0 Å². The Morgan fingerprint density at radius 2 is 0.897 bits per heavy atom. The van der Waals surface area contributed by atoms with Crippen molar-refractivity contribution in [2.45, 2.75) is 116 Å². The maximum absolute atomic E-state index is 6.34. The molecule has 0 fully saturated rings. The van der Waals surface area contributed by atoms with Crippen molar-refractivity contribution in [2.24, 2.45) is 0 Å². The number of rotatable bonds is 22. The average molecular weight is 499 g/mol. The van der Waals surface area contributed by atoms with Crippen LogP contribution in [0.1, 0.15) is 80.1 Å². The quantitative estimate of drug-likeness (QED) is 0.0859. The third kappa shape index (κ3) is 15.8. The molecule has 0 aromatic heterocycles. The van der Waals surface area contributed by atoms with Gasteiger partial charge in [-0.2, -0.15) is 0 Å². The summed E-state index contributed by atoms with van der Waals surface area (Å²) in [6, 6.07) is 5.76. The van der Waals surface area contributed by atoms with Crippen LogP contribution in [0.2, 0.25) is 24.2 Å². The Morgan fingerprint density at radius 1 is 0.552 bits per heavy atom. The molecular weight excluding hydrogens is 449 g/mol. The SMILES string of the molecule is CCCOC(CSSSCC(OCCC)[SiH](CCC)CCC)[SiH](CCC)CCC. The normalized spacial score (nSPS) is 14.1. The molecule has 176 valence electrons. The molecule has 2 atom stereocenters. The van der Waals surface area contributed by atoms with Crippen LogP contribution in [-0.4, -0.2) is 53.8 Å². The largest absolute Gasteiger partial charge is 0.381 e. The summed E-state index contributed by atoms with van der Waals surface area (Å²) in [5.41, 5.74) is 1.12. The van der Waals surface area contributed by atoms with Crippen molar-refractivity contribution in [3.63, 3.8) is 0 Å². The van der Waals surface area contributed by atoms with Crippen molar-refractivity contribution in [3.8, 4) is 0 Å². The van der Waals surface area contributed by atoms with Crippen molar-refractivity contribution in [2.75, 3.05) is 24.7 Å². The minimum Gasteiger partial charge on any atom is -0.381 e. The van der Waals surface area contributed by atoms with Gasteiger partial charge < -0.3 is 9.47 Å². The van der Waals surface area contributed by atoms with Crippen molar-refractivity contribution in [1.82, 2.24) is 0 Å². The van der Waals surface area contributed by atoms with E-state index in [0.717, 1.165) is 26.1 Å². The van der Waals surface area contributed by atoms with Gasteiger partial charge in [-0.05, 0) is 22.7 Å². The number of hydrogen-bond acceptors (Lipinski definition) is 5. The van der Waals surface area contributed by atoms with Gasteiger partial charge >= 0.3 is 0 Å². The highest BCUT2D eigenvalue weighted by atomic mass is 33.5. The molecule has 0 saturated carbocycles. The van der Waals surface area contributed by atoms with Crippen molar-refractivity contribution in [1.29, 1.82) is 0 Å². The van der Waals surface area contributed by atoms with Gasteiger partial charge in [-0.25, -0.2) is 0 Å². The van der Waals surface area contributed by atoms with E-state index in [4.69, 9.17) is 9.47 Å². The van der Waals surface area contributed by atoms with E-state index in [1.54, 1.807) is 0 Å². The molecule has 29 heavy (non-hydrogen) atoms. The monoisotopic (exact) mass is 498 g/mol. The van der Waals surface area contributed by atoms with Gasteiger partial charge in [0.15, 0.2) is 0 Å². The minimum atomic E-state index is -0.786. The third-order valence-corrected chi connectivity index (χ3v) is 18.5. The summed E-state index contributed by atoms with van der Waals surface area (Å²) in [7, 11) is 4.52. The third-order valence-electron chi connectivity index (χ3n) is 5.32. The lowest BCUT2D eigenvalue weighted by Gasteiger charge is -2.26. The molecule has 0 rings (SSSR count). The van der Waals surface area contributed by atoms with Crippen molar-refractivity contribution in [3.05, 3.63) is 0 Å². The molecule has 2 nitrogen and oxygen atoms in total. The van der Waals surface area contributed by atoms with Gasteiger partial charge in [0.25, 0.3) is 0 Å². The highest BCUT2D eigenvalue weighted by Gasteiger charge is 2.24. The summed E-state index contributed by atoms with van der Waals surface area (Å²) in [5.74, 6) is 2.36. The lowest BCUT2D eigenvalue weighted by molar-refractivity contribution is 0.116. The lowest BCUT2D eigenvalue weighted by Crippen LogP contribution is -2.35. The summed E-state index contributed by atoms with van der Waals surface area (Å²) in [5, 5.41) is 0. The summed E-state index contributed by atoms with van der Waals surface area (Å²) in [6.07, 6.45) is 7.58. The Morgan fingerprint density at radius 3 is 1.17 bits per heavy atom. The Hall–Kier alpha value is 1.40. The smallest absolute Gasteiger partial charge is 0.0728 e. The fourth-order valence-corrected chi connectivity index (χ4v) is 17.0. The van der Waals surface area contributed by atoms with Crippen molar-refractivity contribution >= 4 is 49.0 Å². The highest BCUT2D eigenvalue weighted by Crippen LogP contribution is 2.37. The van der Waals surface area contributed by atoms with Crippen LogP contribution in [0.15, 0.2) is 0 Å². The predicted octanol–water partition coefficient (Wildman–Crippen LogP) is 7.78. The van der Waals surface area contributed by atoms with Crippen LogP contribution in [0.4, 0.5) is 0 Å². The van der Waals surface area contributed by atoms with Crippen LogP contribution in [0.3, 0.4) is 0 Å². The molecule has 0 N–H and O–H groups in total. The van der Waals surface area contributed by atoms with Gasteiger partial charge in [-0.3, -0.25) is 0 Å². The molecule has 0 aliphatic carbocycles. The van der Waals surface area contributed by atoms with Gasteiger partial charge in [0.05, 0.1) is 29.0 Å². The zero-order valence-electron chi connectivity index (χ0n) is 20.3. The van der Waals surface area contributed by atoms with E-state index in [9.17, 15) is 0 Å². The Balaban J connectivity index is 4.51. The zero-order valence-corrected chi connectivity index (χ0v) is 25.0.